The highest BCUT2D eigenvalue weighted by Crippen LogP contribution is 2.35. The van der Waals surface area contributed by atoms with Crippen molar-refractivity contribution in [2.75, 3.05) is 6.54 Å². The first-order chi connectivity index (χ1) is 15.5. The van der Waals surface area contributed by atoms with Crippen LogP contribution in [-0.2, 0) is 4.79 Å². The normalized spacial score (nSPS) is 15.1. The SMILES string of the molecule is C=CCN1C(=O)/C(=C/c2cn(-c3ccccc3)nc2-c2ccc(OC(C)C)cc2)SC1=S. The van der Waals surface area contributed by atoms with E-state index in [9.17, 15) is 4.79 Å². The van der Waals surface area contributed by atoms with E-state index in [4.69, 9.17) is 22.1 Å². The van der Waals surface area contributed by atoms with Gasteiger partial charge in [0.15, 0.2) is 0 Å². The van der Waals surface area contributed by atoms with Crippen molar-refractivity contribution in [1.82, 2.24) is 14.7 Å². The molecule has 0 spiro atoms. The number of hydrogen-bond donors (Lipinski definition) is 0. The Morgan fingerprint density at radius 3 is 2.53 bits per heavy atom. The number of amides is 1. The average molecular weight is 462 g/mol. The molecule has 5 nitrogen and oxygen atoms in total. The van der Waals surface area contributed by atoms with E-state index in [1.165, 1.54) is 11.8 Å². The summed E-state index contributed by atoms with van der Waals surface area (Å²) >= 11 is 6.68. The summed E-state index contributed by atoms with van der Waals surface area (Å²) in [6.45, 7) is 8.10. The average Bonchev–Trinajstić information content (AvgIpc) is 3.31. The molecule has 0 radical (unpaired) electrons. The molecular weight excluding hydrogens is 438 g/mol. The Morgan fingerprint density at radius 2 is 1.88 bits per heavy atom. The third-order valence-electron chi connectivity index (χ3n) is 4.73. The number of para-hydroxylation sites is 1. The highest BCUT2D eigenvalue weighted by molar-refractivity contribution is 8.26. The highest BCUT2D eigenvalue weighted by atomic mass is 32.2. The lowest BCUT2D eigenvalue weighted by Crippen LogP contribution is -2.27. The molecule has 7 heteroatoms. The van der Waals surface area contributed by atoms with Crippen molar-refractivity contribution in [2.24, 2.45) is 0 Å². The fraction of sp³-hybridized carbons (Fsp3) is 0.160. The van der Waals surface area contributed by atoms with Crippen LogP contribution in [-0.4, -0.2) is 37.6 Å². The molecule has 1 fully saturated rings. The molecule has 0 saturated carbocycles. The molecule has 3 aromatic rings. The summed E-state index contributed by atoms with van der Waals surface area (Å²) in [7, 11) is 0. The van der Waals surface area contributed by atoms with Gasteiger partial charge in [0.25, 0.3) is 5.91 Å². The maximum Gasteiger partial charge on any atom is 0.266 e. The van der Waals surface area contributed by atoms with Gasteiger partial charge in [-0.05, 0) is 56.3 Å². The summed E-state index contributed by atoms with van der Waals surface area (Å²) in [4.78, 5) is 15.0. The van der Waals surface area contributed by atoms with Gasteiger partial charge >= 0.3 is 0 Å². The Hall–Kier alpha value is -3.16. The minimum atomic E-state index is -0.112. The molecular formula is C25H23N3O2S2. The number of hydrogen-bond acceptors (Lipinski definition) is 5. The van der Waals surface area contributed by atoms with E-state index in [0.29, 0.717) is 15.8 Å². The quantitative estimate of drug-likeness (QED) is 0.256. The van der Waals surface area contributed by atoms with Gasteiger partial charge in [0.05, 0.1) is 22.4 Å². The Morgan fingerprint density at radius 1 is 1.16 bits per heavy atom. The van der Waals surface area contributed by atoms with Crippen LogP contribution in [0, 0.1) is 0 Å². The smallest absolute Gasteiger partial charge is 0.266 e. The summed E-state index contributed by atoms with van der Waals surface area (Å²) in [5, 5.41) is 4.83. The molecule has 0 aliphatic carbocycles. The molecule has 1 aliphatic rings. The first kappa shape index (κ1) is 22.0. The van der Waals surface area contributed by atoms with E-state index in [1.54, 1.807) is 11.0 Å². The van der Waals surface area contributed by atoms with Crippen LogP contribution in [0.3, 0.4) is 0 Å². The Kier molecular flexibility index (Phi) is 6.58. The second kappa shape index (κ2) is 9.54. The molecule has 2 heterocycles. The van der Waals surface area contributed by atoms with Crippen LogP contribution in [0.1, 0.15) is 19.4 Å². The van der Waals surface area contributed by atoms with Gasteiger partial charge < -0.3 is 4.74 Å². The molecule has 4 rings (SSSR count). The fourth-order valence-electron chi connectivity index (χ4n) is 3.32. The van der Waals surface area contributed by atoms with Gasteiger partial charge in [0.2, 0.25) is 0 Å². The second-order valence-electron chi connectivity index (χ2n) is 7.49. The van der Waals surface area contributed by atoms with Crippen molar-refractivity contribution in [3.63, 3.8) is 0 Å². The van der Waals surface area contributed by atoms with Crippen LogP contribution in [0.15, 0.2) is 78.4 Å². The molecule has 0 unspecified atom stereocenters. The van der Waals surface area contributed by atoms with Crippen LogP contribution in [0.25, 0.3) is 23.0 Å². The van der Waals surface area contributed by atoms with Gasteiger partial charge in [0.1, 0.15) is 10.1 Å². The minimum Gasteiger partial charge on any atom is -0.491 e. The molecule has 2 aromatic carbocycles. The van der Waals surface area contributed by atoms with Crippen LogP contribution in [0.5, 0.6) is 5.75 Å². The number of nitrogens with zero attached hydrogens (tertiary/aromatic N) is 3. The Labute approximate surface area is 197 Å². The summed E-state index contributed by atoms with van der Waals surface area (Å²) in [6.07, 6.45) is 5.57. The molecule has 0 bridgehead atoms. The molecule has 1 amide bonds. The van der Waals surface area contributed by atoms with Crippen molar-refractivity contribution in [3.8, 4) is 22.7 Å². The predicted molar refractivity (Wildman–Crippen MR) is 135 cm³/mol. The largest absolute Gasteiger partial charge is 0.491 e. The standard InChI is InChI=1S/C25H23N3O2S2/c1-4-14-27-24(29)22(32-25(27)31)15-19-16-28(20-8-6-5-7-9-20)26-23(19)18-10-12-21(13-11-18)30-17(2)3/h4-13,15-17H,1,14H2,2-3H3/b22-15-. The number of benzene rings is 2. The number of thiocarbonyl (C=S) groups is 1. The summed E-state index contributed by atoms with van der Waals surface area (Å²) < 4.78 is 8.12. The zero-order valence-corrected chi connectivity index (χ0v) is 19.5. The fourth-order valence-corrected chi connectivity index (χ4v) is 4.59. The molecule has 1 aromatic heterocycles. The van der Waals surface area contributed by atoms with Crippen LogP contribution in [0.2, 0.25) is 0 Å². The van der Waals surface area contributed by atoms with Crippen LogP contribution in [0.4, 0.5) is 0 Å². The molecule has 32 heavy (non-hydrogen) atoms. The molecule has 1 saturated heterocycles. The Balaban J connectivity index is 1.76. The van der Waals surface area contributed by atoms with E-state index in [2.05, 4.69) is 6.58 Å². The third-order valence-corrected chi connectivity index (χ3v) is 6.11. The molecule has 1 aliphatic heterocycles. The maximum absolute atomic E-state index is 12.8. The summed E-state index contributed by atoms with van der Waals surface area (Å²) in [5.41, 5.74) is 3.49. The monoisotopic (exact) mass is 461 g/mol. The number of carbonyl (C=O) groups excluding carboxylic acids is 1. The maximum atomic E-state index is 12.8. The predicted octanol–water partition coefficient (Wildman–Crippen LogP) is 5.71. The van der Waals surface area contributed by atoms with Crippen molar-refractivity contribution in [2.45, 2.75) is 20.0 Å². The van der Waals surface area contributed by atoms with Crippen molar-refractivity contribution in [3.05, 3.63) is 83.9 Å². The van der Waals surface area contributed by atoms with Gasteiger partial charge in [-0.1, -0.05) is 48.3 Å². The van der Waals surface area contributed by atoms with Gasteiger partial charge in [-0.3, -0.25) is 9.69 Å². The molecule has 0 atom stereocenters. The van der Waals surface area contributed by atoms with E-state index in [-0.39, 0.29) is 12.0 Å². The lowest BCUT2D eigenvalue weighted by atomic mass is 10.1. The van der Waals surface area contributed by atoms with Crippen molar-refractivity contribution < 1.29 is 9.53 Å². The zero-order chi connectivity index (χ0) is 22.7. The topological polar surface area (TPSA) is 47.4 Å². The third kappa shape index (κ3) is 4.69. The highest BCUT2D eigenvalue weighted by Gasteiger charge is 2.31. The van der Waals surface area contributed by atoms with E-state index in [1.807, 2.05) is 85.4 Å². The minimum absolute atomic E-state index is 0.103. The number of aromatic nitrogens is 2. The van der Waals surface area contributed by atoms with Gasteiger partial charge in [-0.2, -0.15) is 5.10 Å². The summed E-state index contributed by atoms with van der Waals surface area (Å²) in [5.74, 6) is 0.692. The van der Waals surface area contributed by atoms with Crippen LogP contribution >= 0.6 is 24.0 Å². The number of carbonyl (C=O) groups is 1. The zero-order valence-electron chi connectivity index (χ0n) is 17.9. The van der Waals surface area contributed by atoms with E-state index in [0.717, 1.165) is 28.3 Å². The van der Waals surface area contributed by atoms with Gasteiger partial charge in [-0.15, -0.1) is 6.58 Å². The van der Waals surface area contributed by atoms with Crippen LogP contribution < -0.4 is 4.74 Å². The van der Waals surface area contributed by atoms with Crippen molar-refractivity contribution >= 4 is 40.3 Å². The van der Waals surface area contributed by atoms with E-state index >= 15 is 0 Å². The lowest BCUT2D eigenvalue weighted by molar-refractivity contribution is -0.121. The molecule has 0 N–H and O–H groups in total. The first-order valence-electron chi connectivity index (χ1n) is 10.2. The van der Waals surface area contributed by atoms with Crippen molar-refractivity contribution in [1.29, 1.82) is 0 Å². The first-order valence-corrected chi connectivity index (χ1v) is 11.5. The number of rotatable bonds is 7. The van der Waals surface area contributed by atoms with E-state index < -0.39 is 0 Å². The van der Waals surface area contributed by atoms with Gasteiger partial charge in [0, 0.05) is 23.9 Å². The number of thioether (sulfide) groups is 1. The molecule has 162 valence electrons. The Bertz CT molecular complexity index is 1180. The second-order valence-corrected chi connectivity index (χ2v) is 9.16. The summed E-state index contributed by atoms with van der Waals surface area (Å²) in [6, 6.07) is 17.7. The lowest BCUT2D eigenvalue weighted by Gasteiger charge is -2.10. The number of ether oxygens (including phenoxy) is 1. The van der Waals surface area contributed by atoms with Gasteiger partial charge in [-0.25, -0.2) is 4.68 Å².